The lowest BCUT2D eigenvalue weighted by atomic mass is 10.2. The minimum absolute atomic E-state index is 0.0170. The molecular weight excluding hydrogens is 294 g/mol. The molecule has 2 heterocycles. The number of thiophene rings is 1. The maximum absolute atomic E-state index is 12.1. The SMILES string of the molecule is Cc1cc(NC(=O)Cc2cccs2)n(Cc2ccccc2)n1. The predicted octanol–water partition coefficient (Wildman–Crippen LogP) is 3.48. The van der Waals surface area contributed by atoms with Gasteiger partial charge in [0.15, 0.2) is 0 Å². The van der Waals surface area contributed by atoms with Gasteiger partial charge in [0.1, 0.15) is 5.82 Å². The van der Waals surface area contributed by atoms with Crippen LogP contribution in [0.15, 0.2) is 53.9 Å². The van der Waals surface area contributed by atoms with E-state index in [1.54, 1.807) is 11.3 Å². The second kappa shape index (κ2) is 6.58. The van der Waals surface area contributed by atoms with Crippen molar-refractivity contribution < 1.29 is 4.79 Å². The largest absolute Gasteiger partial charge is 0.311 e. The summed E-state index contributed by atoms with van der Waals surface area (Å²) >= 11 is 1.59. The molecule has 2 aromatic heterocycles. The van der Waals surface area contributed by atoms with Gasteiger partial charge in [-0.15, -0.1) is 11.3 Å². The molecule has 0 radical (unpaired) electrons. The van der Waals surface area contributed by atoms with Gasteiger partial charge in [0.25, 0.3) is 0 Å². The first-order valence-electron chi connectivity index (χ1n) is 7.11. The van der Waals surface area contributed by atoms with Crippen LogP contribution in [0.4, 0.5) is 5.82 Å². The van der Waals surface area contributed by atoms with Gasteiger partial charge in [-0.3, -0.25) is 4.79 Å². The van der Waals surface area contributed by atoms with Crippen molar-refractivity contribution in [2.24, 2.45) is 0 Å². The molecule has 0 atom stereocenters. The predicted molar refractivity (Wildman–Crippen MR) is 89.2 cm³/mol. The molecule has 3 rings (SSSR count). The van der Waals surface area contributed by atoms with Gasteiger partial charge < -0.3 is 5.32 Å². The molecule has 1 amide bonds. The Balaban J connectivity index is 1.72. The van der Waals surface area contributed by atoms with Gasteiger partial charge in [0.05, 0.1) is 18.7 Å². The van der Waals surface area contributed by atoms with E-state index < -0.39 is 0 Å². The lowest BCUT2D eigenvalue weighted by Gasteiger charge is -2.08. The van der Waals surface area contributed by atoms with E-state index in [4.69, 9.17) is 0 Å². The van der Waals surface area contributed by atoms with E-state index in [1.807, 2.05) is 65.5 Å². The lowest BCUT2D eigenvalue weighted by molar-refractivity contribution is -0.115. The molecular formula is C17H17N3OS. The number of carbonyl (C=O) groups excluding carboxylic acids is 1. The van der Waals surface area contributed by atoms with Crippen LogP contribution in [0, 0.1) is 6.92 Å². The average Bonchev–Trinajstić information content (AvgIpc) is 3.10. The number of nitrogens with one attached hydrogen (secondary N) is 1. The standard InChI is InChI=1S/C17H17N3OS/c1-13-10-16(18-17(21)11-15-8-5-9-22-15)20(19-13)12-14-6-3-2-4-7-14/h2-10H,11-12H2,1H3,(H,18,21). The van der Waals surface area contributed by atoms with E-state index in [9.17, 15) is 4.79 Å². The number of nitrogens with zero attached hydrogens (tertiary/aromatic N) is 2. The zero-order valence-electron chi connectivity index (χ0n) is 12.3. The quantitative estimate of drug-likeness (QED) is 0.784. The first-order chi connectivity index (χ1) is 10.7. The highest BCUT2D eigenvalue weighted by Gasteiger charge is 2.10. The Labute approximate surface area is 133 Å². The maximum Gasteiger partial charge on any atom is 0.230 e. The molecule has 0 saturated carbocycles. The highest BCUT2D eigenvalue weighted by molar-refractivity contribution is 7.10. The highest BCUT2D eigenvalue weighted by atomic mass is 32.1. The van der Waals surface area contributed by atoms with Crippen molar-refractivity contribution in [3.63, 3.8) is 0 Å². The van der Waals surface area contributed by atoms with Gasteiger partial charge in [-0.2, -0.15) is 5.10 Å². The van der Waals surface area contributed by atoms with Gasteiger partial charge >= 0.3 is 0 Å². The third-order valence-electron chi connectivity index (χ3n) is 3.26. The Morgan fingerprint density at radius 2 is 2.05 bits per heavy atom. The molecule has 0 unspecified atom stereocenters. The summed E-state index contributed by atoms with van der Waals surface area (Å²) in [6.07, 6.45) is 0.396. The third kappa shape index (κ3) is 3.62. The number of amides is 1. The van der Waals surface area contributed by atoms with E-state index in [1.165, 1.54) is 0 Å². The monoisotopic (exact) mass is 311 g/mol. The fourth-order valence-electron chi connectivity index (χ4n) is 2.28. The van der Waals surface area contributed by atoms with Crippen LogP contribution < -0.4 is 5.32 Å². The summed E-state index contributed by atoms with van der Waals surface area (Å²) in [7, 11) is 0. The van der Waals surface area contributed by atoms with Crippen LogP contribution >= 0.6 is 11.3 Å². The zero-order chi connectivity index (χ0) is 15.4. The molecule has 0 spiro atoms. The number of hydrogen-bond donors (Lipinski definition) is 1. The number of anilines is 1. The fraction of sp³-hybridized carbons (Fsp3) is 0.176. The molecule has 0 bridgehead atoms. The summed E-state index contributed by atoms with van der Waals surface area (Å²) in [6.45, 7) is 2.57. The second-order valence-electron chi connectivity index (χ2n) is 5.12. The summed E-state index contributed by atoms with van der Waals surface area (Å²) in [6, 6.07) is 15.9. The molecule has 0 fully saturated rings. The number of carbonyl (C=O) groups is 1. The summed E-state index contributed by atoms with van der Waals surface area (Å²) < 4.78 is 1.83. The van der Waals surface area contributed by atoms with Crippen LogP contribution in [0.3, 0.4) is 0 Å². The molecule has 0 aliphatic rings. The van der Waals surface area contributed by atoms with Gasteiger partial charge in [0.2, 0.25) is 5.91 Å². The number of benzene rings is 1. The van der Waals surface area contributed by atoms with E-state index in [-0.39, 0.29) is 5.91 Å². The Morgan fingerprint density at radius 3 is 2.77 bits per heavy atom. The highest BCUT2D eigenvalue weighted by Crippen LogP contribution is 2.15. The van der Waals surface area contributed by atoms with Crippen molar-refractivity contribution in [3.05, 3.63) is 70.0 Å². The van der Waals surface area contributed by atoms with Gasteiger partial charge in [-0.05, 0) is 23.9 Å². The van der Waals surface area contributed by atoms with E-state index in [2.05, 4.69) is 10.4 Å². The Morgan fingerprint density at radius 1 is 1.23 bits per heavy atom. The van der Waals surface area contributed by atoms with Crippen LogP contribution in [0.1, 0.15) is 16.1 Å². The number of aromatic nitrogens is 2. The second-order valence-corrected chi connectivity index (χ2v) is 6.15. The average molecular weight is 311 g/mol. The Hall–Kier alpha value is -2.40. The lowest BCUT2D eigenvalue weighted by Crippen LogP contribution is -2.17. The minimum Gasteiger partial charge on any atom is -0.311 e. The maximum atomic E-state index is 12.1. The van der Waals surface area contributed by atoms with Gasteiger partial charge in [0, 0.05) is 10.9 Å². The fourth-order valence-corrected chi connectivity index (χ4v) is 2.98. The van der Waals surface area contributed by atoms with Crippen LogP contribution in [0.25, 0.3) is 0 Å². The molecule has 5 heteroatoms. The first kappa shape index (κ1) is 14.5. The molecule has 22 heavy (non-hydrogen) atoms. The van der Waals surface area contributed by atoms with Crippen LogP contribution in [-0.2, 0) is 17.8 Å². The number of rotatable bonds is 5. The van der Waals surface area contributed by atoms with Gasteiger partial charge in [-0.25, -0.2) is 4.68 Å². The normalized spacial score (nSPS) is 10.6. The topological polar surface area (TPSA) is 46.9 Å². The molecule has 4 nitrogen and oxygen atoms in total. The third-order valence-corrected chi connectivity index (χ3v) is 4.14. The van der Waals surface area contributed by atoms with Crippen LogP contribution in [0.2, 0.25) is 0 Å². The molecule has 112 valence electrons. The molecule has 3 aromatic rings. The van der Waals surface area contributed by atoms with Crippen molar-refractivity contribution in [1.82, 2.24) is 9.78 Å². The van der Waals surface area contributed by atoms with Crippen LogP contribution in [0.5, 0.6) is 0 Å². The van der Waals surface area contributed by atoms with Gasteiger partial charge in [-0.1, -0.05) is 36.4 Å². The zero-order valence-corrected chi connectivity index (χ0v) is 13.1. The number of aryl methyl sites for hydroxylation is 1. The van der Waals surface area contributed by atoms with E-state index in [0.717, 1.165) is 22.0 Å². The molecule has 0 aliphatic carbocycles. The summed E-state index contributed by atoms with van der Waals surface area (Å²) in [4.78, 5) is 13.2. The Kier molecular flexibility index (Phi) is 4.34. The van der Waals surface area contributed by atoms with E-state index in [0.29, 0.717) is 13.0 Å². The van der Waals surface area contributed by atoms with Crippen molar-refractivity contribution >= 4 is 23.1 Å². The summed E-state index contributed by atoms with van der Waals surface area (Å²) in [5.41, 5.74) is 2.04. The summed E-state index contributed by atoms with van der Waals surface area (Å²) in [5.74, 6) is 0.722. The smallest absolute Gasteiger partial charge is 0.230 e. The Bertz CT molecular complexity index is 748. The minimum atomic E-state index is -0.0170. The summed E-state index contributed by atoms with van der Waals surface area (Å²) in [5, 5.41) is 9.40. The van der Waals surface area contributed by atoms with E-state index >= 15 is 0 Å². The van der Waals surface area contributed by atoms with Crippen LogP contribution in [-0.4, -0.2) is 15.7 Å². The first-order valence-corrected chi connectivity index (χ1v) is 7.99. The molecule has 0 aliphatic heterocycles. The molecule has 1 N–H and O–H groups in total. The molecule has 1 aromatic carbocycles. The van der Waals surface area contributed by atoms with Crippen molar-refractivity contribution in [2.75, 3.05) is 5.32 Å². The van der Waals surface area contributed by atoms with Crippen molar-refractivity contribution in [1.29, 1.82) is 0 Å². The van der Waals surface area contributed by atoms with Crippen molar-refractivity contribution in [2.45, 2.75) is 19.9 Å². The van der Waals surface area contributed by atoms with Crippen molar-refractivity contribution in [3.8, 4) is 0 Å². The number of hydrogen-bond acceptors (Lipinski definition) is 3. The molecule has 0 saturated heterocycles.